The number of thiophene rings is 2. The number of para-hydroxylation sites is 2. The molecule has 38 heavy (non-hydrogen) atoms. The van der Waals surface area contributed by atoms with E-state index in [1.54, 1.807) is 12.1 Å². The number of halogens is 2. The fraction of sp³-hybridized carbons (Fsp3) is 0.0667. The number of benzene rings is 3. The number of fused-ring (bicyclic) bond motifs is 6. The van der Waals surface area contributed by atoms with Gasteiger partial charge in [-0.1, -0.05) is 36.4 Å². The molecule has 0 unspecified atom stereocenters. The minimum Gasteiger partial charge on any atom is -0.278 e. The highest BCUT2D eigenvalue weighted by Gasteiger charge is 2.24. The zero-order chi connectivity index (χ0) is 26.0. The van der Waals surface area contributed by atoms with Crippen LogP contribution >= 0.6 is 22.7 Å². The largest absolute Gasteiger partial charge is 0.278 e. The van der Waals surface area contributed by atoms with E-state index in [9.17, 15) is 8.78 Å². The zero-order valence-electron chi connectivity index (χ0n) is 20.4. The van der Waals surface area contributed by atoms with Gasteiger partial charge in [0.05, 0.1) is 11.4 Å². The second kappa shape index (κ2) is 8.72. The average molecular weight is 539 g/mol. The molecule has 7 aromatic rings. The summed E-state index contributed by atoms with van der Waals surface area (Å²) in [5.74, 6) is 0. The van der Waals surface area contributed by atoms with Gasteiger partial charge in [0.1, 0.15) is 10.7 Å². The summed E-state index contributed by atoms with van der Waals surface area (Å²) in [4.78, 5) is 0. The molecule has 8 heteroatoms. The number of anilines is 2. The van der Waals surface area contributed by atoms with Gasteiger partial charge in [0, 0.05) is 41.7 Å². The van der Waals surface area contributed by atoms with E-state index in [1.807, 2.05) is 74.5 Å². The van der Waals surface area contributed by atoms with Crippen LogP contribution in [0.1, 0.15) is 11.1 Å². The van der Waals surface area contributed by atoms with Gasteiger partial charge in [-0.05, 0) is 61.4 Å². The summed E-state index contributed by atoms with van der Waals surface area (Å²) >= 11 is 2.25. The van der Waals surface area contributed by atoms with Crippen LogP contribution in [0.5, 0.6) is 0 Å². The summed E-state index contributed by atoms with van der Waals surface area (Å²) in [5, 5.41) is 15.7. The molecule has 2 heterocycles. The molecule has 0 saturated carbocycles. The lowest BCUT2D eigenvalue weighted by Crippen LogP contribution is -2.07. The van der Waals surface area contributed by atoms with E-state index in [1.165, 1.54) is 0 Å². The van der Waals surface area contributed by atoms with Crippen molar-refractivity contribution in [3.8, 4) is 0 Å². The van der Waals surface area contributed by atoms with Crippen LogP contribution in [0.3, 0.4) is 0 Å². The normalized spacial score (nSPS) is 13.1. The smallest absolute Gasteiger partial charge is 0.177 e. The first-order valence-electron chi connectivity index (χ1n) is 12.1. The van der Waals surface area contributed by atoms with Crippen molar-refractivity contribution in [1.82, 2.24) is 0 Å². The molecular formula is C30H20F2N4S2. The Morgan fingerprint density at radius 2 is 0.974 bits per heavy atom. The van der Waals surface area contributed by atoms with Gasteiger partial charge in [-0.2, -0.15) is 19.0 Å². The summed E-state index contributed by atoms with van der Waals surface area (Å²) in [7, 11) is 0. The molecule has 0 fully saturated rings. The molecular weight excluding hydrogens is 518 g/mol. The van der Waals surface area contributed by atoms with Crippen molar-refractivity contribution in [2.45, 2.75) is 13.8 Å². The Morgan fingerprint density at radius 3 is 1.37 bits per heavy atom. The predicted molar refractivity (Wildman–Crippen MR) is 155 cm³/mol. The Labute approximate surface area is 223 Å². The number of hydrogen-bond acceptors (Lipinski definition) is 6. The maximum Gasteiger partial charge on any atom is 0.177 e. The van der Waals surface area contributed by atoms with E-state index in [0.29, 0.717) is 10.7 Å². The molecule has 0 spiro atoms. The van der Waals surface area contributed by atoms with Gasteiger partial charge in [0.15, 0.2) is 10.3 Å². The van der Waals surface area contributed by atoms with Crippen molar-refractivity contribution in [3.63, 3.8) is 0 Å². The van der Waals surface area contributed by atoms with Gasteiger partial charge in [0.25, 0.3) is 0 Å². The molecule has 186 valence electrons. The van der Waals surface area contributed by atoms with Crippen LogP contribution < -0.4 is 21.6 Å². The molecule has 2 N–H and O–H groups in total. The topological polar surface area (TPSA) is 48.8 Å². The monoisotopic (exact) mass is 538 g/mol. The van der Waals surface area contributed by atoms with Crippen molar-refractivity contribution in [2.24, 2.45) is 10.2 Å². The van der Waals surface area contributed by atoms with Crippen LogP contribution in [-0.2, 0) is 0 Å². The predicted octanol–water partition coefficient (Wildman–Crippen LogP) is 8.05. The third-order valence-electron chi connectivity index (χ3n) is 6.98. The van der Waals surface area contributed by atoms with E-state index in [4.69, 9.17) is 10.2 Å². The molecule has 4 nitrogen and oxygen atoms in total. The SMILES string of the molecule is Cc1c2c(=NNc3ccccc3)c3cc(F)sc3c2c(C)c2c(=NNc3ccccc3)c3cc(F)sc3c12. The molecule has 0 saturated heterocycles. The molecule has 0 aliphatic rings. The third kappa shape index (κ3) is 3.44. The Morgan fingerprint density at radius 1 is 0.579 bits per heavy atom. The lowest BCUT2D eigenvalue weighted by molar-refractivity contribution is 0.658. The third-order valence-corrected chi connectivity index (χ3v) is 8.87. The van der Waals surface area contributed by atoms with E-state index in [-0.39, 0.29) is 10.3 Å². The van der Waals surface area contributed by atoms with Gasteiger partial charge >= 0.3 is 0 Å². The first kappa shape index (κ1) is 23.0. The molecule has 0 amide bonds. The quantitative estimate of drug-likeness (QED) is 0.223. The summed E-state index contributed by atoms with van der Waals surface area (Å²) in [6.07, 6.45) is 0. The highest BCUT2D eigenvalue weighted by molar-refractivity contribution is 7.19. The van der Waals surface area contributed by atoms with Gasteiger partial charge in [-0.3, -0.25) is 10.9 Å². The van der Waals surface area contributed by atoms with Gasteiger partial charge < -0.3 is 0 Å². The van der Waals surface area contributed by atoms with Crippen LogP contribution in [0.4, 0.5) is 20.2 Å². The van der Waals surface area contributed by atoms with E-state index in [2.05, 4.69) is 10.9 Å². The fourth-order valence-corrected chi connectivity index (χ4v) is 7.36. The minimum atomic E-state index is -0.258. The summed E-state index contributed by atoms with van der Waals surface area (Å²) in [6.45, 7) is 4.08. The maximum absolute atomic E-state index is 14.6. The molecule has 0 radical (unpaired) electrons. The van der Waals surface area contributed by atoms with Crippen molar-refractivity contribution >= 4 is 75.8 Å². The van der Waals surface area contributed by atoms with Crippen LogP contribution in [0, 0.1) is 24.1 Å². The second-order valence-electron chi connectivity index (χ2n) is 9.21. The summed E-state index contributed by atoms with van der Waals surface area (Å²) in [6, 6.07) is 22.4. The molecule has 0 atom stereocenters. The van der Waals surface area contributed by atoms with Gasteiger partial charge in [0.2, 0.25) is 0 Å². The van der Waals surface area contributed by atoms with Crippen molar-refractivity contribution < 1.29 is 8.78 Å². The number of nitrogens with zero attached hydrogens (tertiary/aromatic N) is 2. The molecule has 0 bridgehead atoms. The molecule has 2 aromatic heterocycles. The molecule has 5 aromatic carbocycles. The Kier molecular flexibility index (Phi) is 5.28. The van der Waals surface area contributed by atoms with Crippen LogP contribution in [0.15, 0.2) is 83.0 Å². The Hall–Kier alpha value is -4.14. The number of aryl methyl sites for hydroxylation is 2. The van der Waals surface area contributed by atoms with Crippen LogP contribution in [0.2, 0.25) is 0 Å². The van der Waals surface area contributed by atoms with Crippen molar-refractivity contribution in [2.75, 3.05) is 10.9 Å². The number of nitrogens with one attached hydrogen (secondary N) is 2. The fourth-order valence-electron chi connectivity index (χ4n) is 5.37. The van der Waals surface area contributed by atoms with E-state index < -0.39 is 0 Å². The van der Waals surface area contributed by atoms with Gasteiger partial charge in [-0.25, -0.2) is 0 Å². The average Bonchev–Trinajstić information content (AvgIpc) is 3.64. The first-order chi connectivity index (χ1) is 18.5. The highest BCUT2D eigenvalue weighted by atomic mass is 32.1. The second-order valence-corrected chi connectivity index (χ2v) is 11.2. The van der Waals surface area contributed by atoms with Gasteiger partial charge in [-0.15, -0.1) is 22.7 Å². The van der Waals surface area contributed by atoms with E-state index in [0.717, 1.165) is 86.9 Å². The summed E-state index contributed by atoms with van der Waals surface area (Å²) < 4.78 is 30.9. The van der Waals surface area contributed by atoms with Crippen molar-refractivity contribution in [1.29, 1.82) is 0 Å². The highest BCUT2D eigenvalue weighted by Crippen LogP contribution is 2.42. The molecule has 0 aliphatic heterocycles. The number of hydrogen-bond donors (Lipinski definition) is 2. The Bertz CT molecular complexity index is 1960. The van der Waals surface area contributed by atoms with E-state index >= 15 is 0 Å². The first-order valence-corrected chi connectivity index (χ1v) is 13.7. The maximum atomic E-state index is 14.6. The Balaban J connectivity index is 1.60. The van der Waals surface area contributed by atoms with Crippen LogP contribution in [-0.4, -0.2) is 0 Å². The molecule has 0 aliphatic carbocycles. The van der Waals surface area contributed by atoms with Crippen LogP contribution in [0.25, 0.3) is 41.7 Å². The minimum absolute atomic E-state index is 0.258. The standard InChI is InChI=1S/C30H20F2N4S2/c1-15-23-26(30-19(13-22(32)38-30)27(23)35-33-17-9-5-3-6-10-17)16(2)24-25(15)29-20(14-21(31)37-29)28(24)36-34-18-11-7-4-8-12-18/h3-14,33-34H,1-2H3. The van der Waals surface area contributed by atoms with Crippen molar-refractivity contribution in [3.05, 3.63) is 105 Å². The summed E-state index contributed by atoms with van der Waals surface area (Å²) in [5.41, 5.74) is 9.92. The lowest BCUT2D eigenvalue weighted by atomic mass is 9.98. The lowest BCUT2D eigenvalue weighted by Gasteiger charge is -2.07. The number of rotatable bonds is 4. The zero-order valence-corrected chi connectivity index (χ0v) is 22.0. The molecule has 7 rings (SSSR count).